The number of aryl methyl sites for hydroxylation is 2. The molecule has 0 radical (unpaired) electrons. The summed E-state index contributed by atoms with van der Waals surface area (Å²) in [6, 6.07) is 9.75. The summed E-state index contributed by atoms with van der Waals surface area (Å²) in [4.78, 5) is 52.8. The highest BCUT2D eigenvalue weighted by Crippen LogP contribution is 2.22. The Morgan fingerprint density at radius 2 is 1.33 bits per heavy atom. The molecule has 0 aliphatic rings. The first-order valence-electron chi connectivity index (χ1n) is 15.9. The Bertz CT molecular complexity index is 1410. The number of aromatic hydroxyl groups is 1. The fourth-order valence-corrected chi connectivity index (χ4v) is 5.44. The predicted octanol–water partition coefficient (Wildman–Crippen LogP) is 3.95. The maximum atomic E-state index is 13.8. The summed E-state index contributed by atoms with van der Waals surface area (Å²) in [6.45, 7) is 13.9. The van der Waals surface area contributed by atoms with E-state index in [1.165, 1.54) is 6.26 Å². The summed E-state index contributed by atoms with van der Waals surface area (Å²) in [5, 5.41) is 21.0. The fraction of sp³-hybridized carbons (Fsp3) is 0.543. The van der Waals surface area contributed by atoms with Crippen LogP contribution in [0.1, 0.15) is 70.2 Å². The van der Waals surface area contributed by atoms with Crippen LogP contribution in [0.4, 0.5) is 9.59 Å². The van der Waals surface area contributed by atoms with Crippen LogP contribution in [-0.2, 0) is 42.7 Å². The maximum absolute atomic E-state index is 13.8. The van der Waals surface area contributed by atoms with Gasteiger partial charge in [-0.15, -0.1) is 0 Å². The van der Waals surface area contributed by atoms with Gasteiger partial charge in [-0.3, -0.25) is 13.8 Å². The molecule has 0 aliphatic carbocycles. The van der Waals surface area contributed by atoms with Crippen LogP contribution in [0.15, 0.2) is 42.5 Å². The van der Waals surface area contributed by atoms with Crippen molar-refractivity contribution in [3.63, 3.8) is 0 Å². The van der Waals surface area contributed by atoms with E-state index in [1.807, 2.05) is 30.3 Å². The Hall–Kier alpha value is -4.13. The minimum atomic E-state index is -1.26. The second-order valence-corrected chi connectivity index (χ2v) is 15.4. The molecular formula is C35H52N4O8S. The highest BCUT2D eigenvalue weighted by molar-refractivity contribution is 7.84. The predicted molar refractivity (Wildman–Crippen MR) is 186 cm³/mol. The molecule has 0 bridgehead atoms. The van der Waals surface area contributed by atoms with Crippen molar-refractivity contribution in [2.24, 2.45) is 0 Å². The maximum Gasteiger partial charge on any atom is 0.408 e. The van der Waals surface area contributed by atoms with Crippen LogP contribution in [0.2, 0.25) is 0 Å². The molecule has 48 heavy (non-hydrogen) atoms. The highest BCUT2D eigenvalue weighted by Gasteiger charge is 2.30. The van der Waals surface area contributed by atoms with E-state index in [9.17, 15) is 28.5 Å². The summed E-state index contributed by atoms with van der Waals surface area (Å²) in [5.41, 5.74) is 1.54. The summed E-state index contributed by atoms with van der Waals surface area (Å²) < 4.78 is 22.9. The van der Waals surface area contributed by atoms with Crippen LogP contribution in [0, 0.1) is 13.8 Å². The molecule has 2 aromatic rings. The van der Waals surface area contributed by atoms with E-state index in [2.05, 4.69) is 21.3 Å². The quantitative estimate of drug-likeness (QED) is 0.199. The number of hydrogen-bond donors (Lipinski definition) is 5. The van der Waals surface area contributed by atoms with Crippen molar-refractivity contribution in [2.75, 3.05) is 18.6 Å². The van der Waals surface area contributed by atoms with Gasteiger partial charge in [0, 0.05) is 35.8 Å². The van der Waals surface area contributed by atoms with Gasteiger partial charge in [0.25, 0.3) is 0 Å². The van der Waals surface area contributed by atoms with Crippen LogP contribution in [0.3, 0.4) is 0 Å². The van der Waals surface area contributed by atoms with E-state index < -0.39 is 64.1 Å². The van der Waals surface area contributed by atoms with Gasteiger partial charge in [-0.2, -0.15) is 0 Å². The van der Waals surface area contributed by atoms with E-state index in [0.717, 1.165) is 11.1 Å². The van der Waals surface area contributed by atoms with E-state index >= 15 is 0 Å². The van der Waals surface area contributed by atoms with E-state index in [1.54, 1.807) is 67.5 Å². The van der Waals surface area contributed by atoms with Gasteiger partial charge in [0.1, 0.15) is 29.0 Å². The molecule has 2 rings (SSSR count). The minimum absolute atomic E-state index is 0.0139. The first kappa shape index (κ1) is 40.0. The lowest BCUT2D eigenvalue weighted by atomic mass is 9.95. The first-order valence-corrected chi connectivity index (χ1v) is 17.6. The molecular weight excluding hydrogens is 636 g/mol. The van der Waals surface area contributed by atoms with E-state index in [-0.39, 0.29) is 30.9 Å². The van der Waals surface area contributed by atoms with Crippen molar-refractivity contribution >= 4 is 34.8 Å². The zero-order valence-electron chi connectivity index (χ0n) is 29.5. The zero-order valence-corrected chi connectivity index (χ0v) is 30.3. The molecule has 13 heteroatoms. The second-order valence-electron chi connectivity index (χ2n) is 13.9. The number of rotatable bonds is 14. The van der Waals surface area contributed by atoms with Crippen LogP contribution >= 0.6 is 0 Å². The van der Waals surface area contributed by atoms with Gasteiger partial charge in [0.15, 0.2) is 0 Å². The highest BCUT2D eigenvalue weighted by atomic mass is 32.2. The van der Waals surface area contributed by atoms with Crippen LogP contribution in [0.5, 0.6) is 5.75 Å². The summed E-state index contributed by atoms with van der Waals surface area (Å²) in [5.74, 6) is -0.998. The van der Waals surface area contributed by atoms with Crippen LogP contribution < -0.4 is 21.3 Å². The number of phenolic OH excluding ortho intramolecular Hbond substituents is 1. The summed E-state index contributed by atoms with van der Waals surface area (Å²) in [7, 11) is -1.26. The van der Waals surface area contributed by atoms with Gasteiger partial charge < -0.3 is 35.8 Å². The molecule has 0 heterocycles. The molecule has 0 fully saturated rings. The van der Waals surface area contributed by atoms with Crippen LogP contribution in [0.25, 0.3) is 0 Å². The lowest BCUT2D eigenvalue weighted by Crippen LogP contribution is -2.56. The Kier molecular flexibility index (Phi) is 14.9. The van der Waals surface area contributed by atoms with Gasteiger partial charge in [-0.1, -0.05) is 30.3 Å². The molecule has 12 nitrogen and oxygen atoms in total. The van der Waals surface area contributed by atoms with Crippen molar-refractivity contribution in [1.82, 2.24) is 21.3 Å². The van der Waals surface area contributed by atoms with E-state index in [4.69, 9.17) is 9.47 Å². The number of carbonyl (C=O) groups is 4. The van der Waals surface area contributed by atoms with Crippen LogP contribution in [-0.4, -0.2) is 81.2 Å². The molecule has 0 aromatic heterocycles. The van der Waals surface area contributed by atoms with Gasteiger partial charge in [-0.05, 0) is 103 Å². The van der Waals surface area contributed by atoms with Crippen molar-refractivity contribution in [3.05, 3.63) is 64.7 Å². The molecule has 5 N–H and O–H groups in total. The Morgan fingerprint density at radius 3 is 1.85 bits per heavy atom. The van der Waals surface area contributed by atoms with E-state index in [0.29, 0.717) is 17.5 Å². The smallest absolute Gasteiger partial charge is 0.408 e. The topological polar surface area (TPSA) is 172 Å². The molecule has 0 saturated heterocycles. The Labute approximate surface area is 286 Å². The van der Waals surface area contributed by atoms with Gasteiger partial charge in [0.2, 0.25) is 11.8 Å². The average molecular weight is 689 g/mol. The molecule has 4 unspecified atom stereocenters. The summed E-state index contributed by atoms with van der Waals surface area (Å²) in [6.07, 6.45) is 0.546. The largest absolute Gasteiger partial charge is 0.508 e. The van der Waals surface area contributed by atoms with Gasteiger partial charge >= 0.3 is 12.2 Å². The van der Waals surface area contributed by atoms with Crippen molar-refractivity contribution in [3.8, 4) is 5.75 Å². The van der Waals surface area contributed by atoms with Crippen molar-refractivity contribution in [2.45, 2.75) is 104 Å². The first-order chi connectivity index (χ1) is 22.2. The lowest BCUT2D eigenvalue weighted by Gasteiger charge is -2.27. The number of hydrogen-bond acceptors (Lipinski definition) is 8. The normalized spacial score (nSPS) is 14.1. The third-order valence-electron chi connectivity index (χ3n) is 6.99. The third kappa shape index (κ3) is 15.2. The minimum Gasteiger partial charge on any atom is -0.508 e. The number of alkyl carbamates (subject to hydrolysis) is 2. The molecule has 2 aromatic carbocycles. The average Bonchev–Trinajstić information content (AvgIpc) is 2.93. The van der Waals surface area contributed by atoms with Crippen molar-refractivity contribution in [1.29, 1.82) is 0 Å². The zero-order chi connectivity index (χ0) is 36.2. The molecule has 0 spiro atoms. The number of benzene rings is 2. The SMILES string of the molecule is Cc1cc(O)cc(C)c1CC(NC(=O)OC(C)(C)C)C(=O)NC(CCS(C)=O)C(=O)NCC(Cc1ccccc1)NC(=O)OC(C)(C)C. The fourth-order valence-electron chi connectivity index (χ4n) is 4.87. The third-order valence-corrected chi connectivity index (χ3v) is 7.80. The molecule has 0 saturated carbocycles. The second kappa shape index (κ2) is 17.9. The molecule has 4 atom stereocenters. The number of phenols is 1. The standard InChI is InChI=1S/C35H52N4O8S/c1-22-17-26(40)18-23(2)27(22)20-29(39-33(44)47-35(6,7)8)31(42)38-28(15-16-48(9)45)30(41)36-21-25(19-24-13-11-10-12-14-24)37-32(43)46-34(3,4)5/h10-14,17-18,25,28-29,40H,15-16,19-21H2,1-9H3,(H,36,41)(H,37,43)(H,38,42)(H,39,44). The number of ether oxygens (including phenoxy) is 2. The van der Waals surface area contributed by atoms with Gasteiger partial charge in [0.05, 0.1) is 6.04 Å². The Balaban J connectivity index is 2.30. The number of nitrogens with one attached hydrogen (secondary N) is 4. The number of amides is 4. The molecule has 0 aliphatic heterocycles. The lowest BCUT2D eigenvalue weighted by molar-refractivity contribution is -0.130. The monoisotopic (exact) mass is 688 g/mol. The van der Waals surface area contributed by atoms with Crippen molar-refractivity contribution < 1.29 is 38.0 Å². The molecule has 4 amide bonds. The van der Waals surface area contributed by atoms with Gasteiger partial charge in [-0.25, -0.2) is 9.59 Å². The number of carbonyl (C=O) groups excluding carboxylic acids is 4. The Morgan fingerprint density at radius 1 is 0.792 bits per heavy atom. The molecule has 266 valence electrons. The summed E-state index contributed by atoms with van der Waals surface area (Å²) >= 11 is 0.